The molecule has 0 radical (unpaired) electrons. The first kappa shape index (κ1) is 17.5. The molecule has 2 aromatic rings. The number of carbonyl (C=O) groups is 1. The number of nitrogens with zero attached hydrogens (tertiary/aromatic N) is 1. The van der Waals surface area contributed by atoms with Crippen molar-refractivity contribution >= 4 is 40.3 Å². The number of hydrogen-bond donors (Lipinski definition) is 0. The van der Waals surface area contributed by atoms with E-state index < -0.39 is 0 Å². The third-order valence-corrected chi connectivity index (χ3v) is 6.10. The lowest BCUT2D eigenvalue weighted by Gasteiger charge is -2.29. The molecular formula is C20H18FNO2S2. The van der Waals surface area contributed by atoms with Gasteiger partial charge in [-0.1, -0.05) is 55.4 Å². The molecule has 2 fully saturated rings. The van der Waals surface area contributed by atoms with Crippen molar-refractivity contribution in [2.45, 2.75) is 38.1 Å². The molecule has 1 aromatic heterocycles. The van der Waals surface area contributed by atoms with Gasteiger partial charge in [0, 0.05) is 17.7 Å². The number of thioether (sulfide) groups is 1. The zero-order valence-electron chi connectivity index (χ0n) is 14.1. The first-order valence-corrected chi connectivity index (χ1v) is 9.97. The number of halogens is 1. The van der Waals surface area contributed by atoms with Gasteiger partial charge < -0.3 is 4.42 Å². The average molecular weight is 388 g/mol. The summed E-state index contributed by atoms with van der Waals surface area (Å²) in [6.07, 6.45) is 7.29. The van der Waals surface area contributed by atoms with E-state index in [1.165, 1.54) is 30.3 Å². The van der Waals surface area contributed by atoms with Crippen molar-refractivity contribution in [1.29, 1.82) is 0 Å². The summed E-state index contributed by atoms with van der Waals surface area (Å²) in [5.74, 6) is 0.788. The maximum Gasteiger partial charge on any atom is 0.266 e. The summed E-state index contributed by atoms with van der Waals surface area (Å²) >= 11 is 6.77. The number of thiocarbonyl (C=S) groups is 1. The van der Waals surface area contributed by atoms with Crippen molar-refractivity contribution in [3.05, 3.63) is 52.9 Å². The van der Waals surface area contributed by atoms with Gasteiger partial charge in [-0.15, -0.1) is 0 Å². The molecular weight excluding hydrogens is 369 g/mol. The summed E-state index contributed by atoms with van der Waals surface area (Å²) in [7, 11) is 0. The Balaban J connectivity index is 1.55. The van der Waals surface area contributed by atoms with Crippen LogP contribution >= 0.6 is 24.0 Å². The van der Waals surface area contributed by atoms with Gasteiger partial charge >= 0.3 is 0 Å². The minimum atomic E-state index is -0.311. The van der Waals surface area contributed by atoms with E-state index in [0.29, 0.717) is 26.3 Å². The first-order valence-electron chi connectivity index (χ1n) is 8.75. The fourth-order valence-corrected chi connectivity index (χ4v) is 4.87. The highest BCUT2D eigenvalue weighted by Crippen LogP contribution is 2.37. The van der Waals surface area contributed by atoms with E-state index >= 15 is 0 Å². The molecule has 4 rings (SSSR count). The zero-order chi connectivity index (χ0) is 18.1. The Morgan fingerprint density at radius 1 is 1.19 bits per heavy atom. The third kappa shape index (κ3) is 3.48. The molecule has 1 aliphatic heterocycles. The molecule has 1 saturated carbocycles. The minimum absolute atomic E-state index is 0.0318. The van der Waals surface area contributed by atoms with Crippen molar-refractivity contribution < 1.29 is 13.6 Å². The summed E-state index contributed by atoms with van der Waals surface area (Å²) in [6, 6.07) is 10.0. The van der Waals surface area contributed by atoms with Crippen LogP contribution in [0.2, 0.25) is 0 Å². The van der Waals surface area contributed by atoms with Crippen LogP contribution in [-0.4, -0.2) is 21.2 Å². The van der Waals surface area contributed by atoms with Crippen LogP contribution < -0.4 is 0 Å². The molecule has 2 heterocycles. The Labute approximate surface area is 161 Å². The second kappa shape index (κ2) is 7.37. The highest BCUT2D eigenvalue weighted by molar-refractivity contribution is 8.26. The van der Waals surface area contributed by atoms with Crippen LogP contribution in [0.4, 0.5) is 4.39 Å². The predicted octanol–water partition coefficient (Wildman–Crippen LogP) is 5.62. The van der Waals surface area contributed by atoms with E-state index in [0.717, 1.165) is 25.7 Å². The number of furan rings is 1. The van der Waals surface area contributed by atoms with Crippen molar-refractivity contribution in [2.24, 2.45) is 0 Å². The van der Waals surface area contributed by atoms with Gasteiger partial charge in [0.25, 0.3) is 5.91 Å². The van der Waals surface area contributed by atoms with Crippen molar-refractivity contribution in [3.8, 4) is 11.3 Å². The number of amides is 1. The summed E-state index contributed by atoms with van der Waals surface area (Å²) in [4.78, 5) is 15.2. The highest BCUT2D eigenvalue weighted by Gasteiger charge is 2.37. The monoisotopic (exact) mass is 387 g/mol. The molecule has 1 aliphatic carbocycles. The maximum absolute atomic E-state index is 13.4. The summed E-state index contributed by atoms with van der Waals surface area (Å²) in [5, 5.41) is 0. The van der Waals surface area contributed by atoms with Gasteiger partial charge in [0.05, 0.1) is 4.91 Å². The Morgan fingerprint density at radius 3 is 2.77 bits per heavy atom. The van der Waals surface area contributed by atoms with Crippen LogP contribution in [0.1, 0.15) is 37.9 Å². The molecule has 6 heteroatoms. The number of carbonyl (C=O) groups excluding carboxylic acids is 1. The lowest BCUT2D eigenvalue weighted by Crippen LogP contribution is -2.39. The summed E-state index contributed by atoms with van der Waals surface area (Å²) in [6.45, 7) is 0. The van der Waals surface area contributed by atoms with E-state index in [9.17, 15) is 9.18 Å². The molecule has 134 valence electrons. The van der Waals surface area contributed by atoms with E-state index in [1.807, 2.05) is 0 Å². The van der Waals surface area contributed by atoms with Crippen LogP contribution in [0.5, 0.6) is 0 Å². The molecule has 1 amide bonds. The molecule has 0 unspecified atom stereocenters. The van der Waals surface area contributed by atoms with Gasteiger partial charge in [0.1, 0.15) is 21.7 Å². The largest absolute Gasteiger partial charge is 0.457 e. The Kier molecular flexibility index (Phi) is 4.96. The van der Waals surface area contributed by atoms with Crippen molar-refractivity contribution in [2.75, 3.05) is 0 Å². The summed E-state index contributed by atoms with van der Waals surface area (Å²) < 4.78 is 19.8. The predicted molar refractivity (Wildman–Crippen MR) is 106 cm³/mol. The SMILES string of the molecule is O=C1/C(=C\c2ccc(-c3cccc(F)c3)o2)SC(=S)N1C1CCCCC1. The first-order chi connectivity index (χ1) is 12.6. The van der Waals surface area contributed by atoms with E-state index in [1.54, 1.807) is 35.2 Å². The maximum atomic E-state index is 13.4. The second-order valence-electron chi connectivity index (χ2n) is 6.56. The van der Waals surface area contributed by atoms with Gasteiger partial charge in [-0.05, 0) is 37.1 Å². The van der Waals surface area contributed by atoms with Crippen LogP contribution in [0.15, 0.2) is 45.7 Å². The third-order valence-electron chi connectivity index (χ3n) is 4.77. The highest BCUT2D eigenvalue weighted by atomic mass is 32.2. The molecule has 0 spiro atoms. The normalized spacial score (nSPS) is 20.3. The average Bonchev–Trinajstić information content (AvgIpc) is 3.21. The molecule has 0 atom stereocenters. The van der Waals surface area contributed by atoms with Crippen molar-refractivity contribution in [3.63, 3.8) is 0 Å². The zero-order valence-corrected chi connectivity index (χ0v) is 15.7. The van der Waals surface area contributed by atoms with Gasteiger partial charge in [0.2, 0.25) is 0 Å². The topological polar surface area (TPSA) is 33.5 Å². The van der Waals surface area contributed by atoms with Crippen LogP contribution in [-0.2, 0) is 4.79 Å². The van der Waals surface area contributed by atoms with Crippen LogP contribution in [0.3, 0.4) is 0 Å². The van der Waals surface area contributed by atoms with Gasteiger partial charge in [-0.25, -0.2) is 4.39 Å². The van der Waals surface area contributed by atoms with Gasteiger partial charge in [0.15, 0.2) is 0 Å². The quantitative estimate of drug-likeness (QED) is 0.506. The number of benzene rings is 1. The van der Waals surface area contributed by atoms with E-state index in [2.05, 4.69) is 0 Å². The molecule has 1 saturated heterocycles. The minimum Gasteiger partial charge on any atom is -0.457 e. The molecule has 0 N–H and O–H groups in total. The summed E-state index contributed by atoms with van der Waals surface area (Å²) in [5.41, 5.74) is 0.666. The fraction of sp³-hybridized carbons (Fsp3) is 0.300. The van der Waals surface area contributed by atoms with Crippen molar-refractivity contribution in [1.82, 2.24) is 4.90 Å². The lowest BCUT2D eigenvalue weighted by molar-refractivity contribution is -0.124. The Morgan fingerprint density at radius 2 is 2.00 bits per heavy atom. The second-order valence-corrected chi connectivity index (χ2v) is 8.23. The van der Waals surface area contributed by atoms with Gasteiger partial charge in [-0.2, -0.15) is 0 Å². The standard InChI is InChI=1S/C20H18FNO2S2/c21-14-6-4-5-13(11-14)17-10-9-16(24-17)12-18-19(23)22(20(25)26-18)15-7-2-1-3-8-15/h4-6,9-12,15H,1-3,7-8H2/b18-12+. The van der Waals surface area contributed by atoms with Crippen LogP contribution in [0, 0.1) is 5.82 Å². The Bertz CT molecular complexity index is 883. The number of hydrogen-bond acceptors (Lipinski definition) is 4. The van der Waals surface area contributed by atoms with Gasteiger partial charge in [-0.3, -0.25) is 9.69 Å². The smallest absolute Gasteiger partial charge is 0.266 e. The molecule has 3 nitrogen and oxygen atoms in total. The molecule has 1 aromatic carbocycles. The molecule has 0 bridgehead atoms. The number of rotatable bonds is 3. The Hall–Kier alpha value is -1.92. The molecule has 2 aliphatic rings. The fourth-order valence-electron chi connectivity index (χ4n) is 3.49. The van der Waals surface area contributed by atoms with E-state index in [-0.39, 0.29) is 17.8 Å². The lowest BCUT2D eigenvalue weighted by atomic mass is 9.94. The van der Waals surface area contributed by atoms with E-state index in [4.69, 9.17) is 16.6 Å². The molecule has 26 heavy (non-hydrogen) atoms. The van der Waals surface area contributed by atoms with Crippen LogP contribution in [0.25, 0.3) is 17.4 Å².